The minimum atomic E-state index is 0.707. The van der Waals surface area contributed by atoms with Crippen LogP contribution in [-0.2, 0) is 0 Å². The van der Waals surface area contributed by atoms with Crippen LogP contribution in [0.5, 0.6) is 11.5 Å². The molecule has 1 heterocycles. The van der Waals surface area contributed by atoms with Gasteiger partial charge in [0.05, 0.1) is 3.57 Å². The number of para-hydroxylation sites is 1. The Morgan fingerprint density at radius 3 is 2.63 bits per heavy atom. The number of fused-ring (bicyclic) bond motifs is 1. The van der Waals surface area contributed by atoms with Gasteiger partial charge in [-0.15, -0.1) is 0 Å². The number of nitrogens with zero attached hydrogens (tertiary/aromatic N) is 1. The second-order valence-corrected chi connectivity index (χ2v) is 5.25. The lowest BCUT2D eigenvalue weighted by atomic mass is 10.1. The number of pyridine rings is 1. The zero-order valence-electron chi connectivity index (χ0n) is 10.0. The number of nitrogens with two attached hydrogens (primary N) is 1. The molecule has 0 aliphatic carbocycles. The van der Waals surface area contributed by atoms with Crippen molar-refractivity contribution in [3.05, 3.63) is 58.3 Å². The number of anilines is 1. The second kappa shape index (κ2) is 5.05. The lowest BCUT2D eigenvalue weighted by molar-refractivity contribution is 0.484. The summed E-state index contributed by atoms with van der Waals surface area (Å²) in [5.74, 6) is 1.54. The highest BCUT2D eigenvalue weighted by molar-refractivity contribution is 14.1. The first-order chi connectivity index (χ1) is 9.25. The highest BCUT2D eigenvalue weighted by Crippen LogP contribution is 2.33. The van der Waals surface area contributed by atoms with E-state index in [1.807, 2.05) is 48.5 Å². The molecule has 2 N–H and O–H groups in total. The molecule has 0 radical (unpaired) electrons. The van der Waals surface area contributed by atoms with E-state index in [-0.39, 0.29) is 0 Å². The summed E-state index contributed by atoms with van der Waals surface area (Å²) in [6, 6.07) is 15.4. The molecule has 3 aromatic rings. The van der Waals surface area contributed by atoms with E-state index in [4.69, 9.17) is 10.5 Å². The van der Waals surface area contributed by atoms with E-state index in [2.05, 4.69) is 27.6 Å². The van der Waals surface area contributed by atoms with Gasteiger partial charge in [0.25, 0.3) is 0 Å². The summed E-state index contributed by atoms with van der Waals surface area (Å²) < 4.78 is 7.01. The van der Waals surface area contributed by atoms with Crippen LogP contribution in [0.15, 0.2) is 54.7 Å². The third-order valence-corrected chi connectivity index (χ3v) is 3.71. The van der Waals surface area contributed by atoms with Crippen molar-refractivity contribution in [3.63, 3.8) is 0 Å². The van der Waals surface area contributed by atoms with Gasteiger partial charge in [0.1, 0.15) is 11.3 Å². The van der Waals surface area contributed by atoms with Gasteiger partial charge in [0.2, 0.25) is 0 Å². The van der Waals surface area contributed by atoms with E-state index in [1.165, 1.54) is 0 Å². The van der Waals surface area contributed by atoms with Crippen LogP contribution >= 0.6 is 22.6 Å². The molecule has 0 bridgehead atoms. The summed E-state index contributed by atoms with van der Waals surface area (Å²) >= 11 is 2.25. The largest absolute Gasteiger partial charge is 0.454 e. The average Bonchev–Trinajstić information content (AvgIpc) is 2.44. The third kappa shape index (κ3) is 2.35. The number of benzene rings is 2. The first-order valence-electron chi connectivity index (χ1n) is 5.81. The monoisotopic (exact) mass is 362 g/mol. The van der Waals surface area contributed by atoms with Crippen molar-refractivity contribution in [2.45, 2.75) is 0 Å². The molecule has 0 saturated carbocycles. The van der Waals surface area contributed by atoms with Gasteiger partial charge < -0.3 is 10.5 Å². The number of halogens is 1. The molecule has 0 saturated heterocycles. The van der Waals surface area contributed by atoms with Gasteiger partial charge in [-0.3, -0.25) is 4.98 Å². The Morgan fingerprint density at radius 1 is 0.947 bits per heavy atom. The van der Waals surface area contributed by atoms with Gasteiger partial charge in [0, 0.05) is 17.3 Å². The standard InChI is InChI=1S/C15H11IN2O/c16-11-5-1-2-6-13(11)19-14-8-7-12(17)10-4-3-9-18-15(10)14/h1-9H,17H2. The first-order valence-corrected chi connectivity index (χ1v) is 6.89. The Labute approximate surface area is 124 Å². The minimum absolute atomic E-state index is 0.707. The van der Waals surface area contributed by atoms with Crippen molar-refractivity contribution < 1.29 is 4.74 Å². The summed E-state index contributed by atoms with van der Waals surface area (Å²) in [4.78, 5) is 4.36. The van der Waals surface area contributed by atoms with Crippen molar-refractivity contribution in [1.29, 1.82) is 0 Å². The van der Waals surface area contributed by atoms with Crippen molar-refractivity contribution in [3.8, 4) is 11.5 Å². The molecule has 4 heteroatoms. The first kappa shape index (κ1) is 12.2. The van der Waals surface area contributed by atoms with E-state index in [1.54, 1.807) is 6.20 Å². The zero-order chi connectivity index (χ0) is 13.2. The van der Waals surface area contributed by atoms with Crippen LogP contribution < -0.4 is 10.5 Å². The molecular weight excluding hydrogens is 351 g/mol. The molecule has 0 amide bonds. The normalized spacial score (nSPS) is 10.6. The van der Waals surface area contributed by atoms with E-state index < -0.39 is 0 Å². The molecule has 0 unspecified atom stereocenters. The van der Waals surface area contributed by atoms with E-state index in [0.29, 0.717) is 11.4 Å². The van der Waals surface area contributed by atoms with Crippen LogP contribution in [0.25, 0.3) is 10.9 Å². The van der Waals surface area contributed by atoms with Gasteiger partial charge >= 0.3 is 0 Å². The molecule has 0 aliphatic rings. The molecule has 1 aromatic heterocycles. The quantitative estimate of drug-likeness (QED) is 0.549. The summed E-state index contributed by atoms with van der Waals surface area (Å²) in [6.07, 6.45) is 1.74. The SMILES string of the molecule is Nc1ccc(Oc2ccccc2I)c2ncccc12. The summed E-state index contributed by atoms with van der Waals surface area (Å²) in [6.45, 7) is 0. The van der Waals surface area contributed by atoms with Gasteiger partial charge in [-0.2, -0.15) is 0 Å². The lowest BCUT2D eigenvalue weighted by Gasteiger charge is -2.10. The summed E-state index contributed by atoms with van der Waals surface area (Å²) in [5, 5.41) is 0.908. The van der Waals surface area contributed by atoms with Crippen LogP contribution in [0.3, 0.4) is 0 Å². The van der Waals surface area contributed by atoms with Crippen LogP contribution in [-0.4, -0.2) is 4.98 Å². The lowest BCUT2D eigenvalue weighted by Crippen LogP contribution is -1.93. The molecule has 0 spiro atoms. The maximum atomic E-state index is 5.95. The maximum absolute atomic E-state index is 5.95. The number of aromatic nitrogens is 1. The van der Waals surface area contributed by atoms with Gasteiger partial charge in [0.15, 0.2) is 5.75 Å². The van der Waals surface area contributed by atoms with Crippen LogP contribution in [0, 0.1) is 3.57 Å². The number of rotatable bonds is 2. The molecule has 0 aliphatic heterocycles. The molecule has 94 valence electrons. The highest BCUT2D eigenvalue weighted by Gasteiger charge is 2.08. The minimum Gasteiger partial charge on any atom is -0.454 e. The number of nitrogen functional groups attached to an aromatic ring is 1. The van der Waals surface area contributed by atoms with Crippen LogP contribution in [0.2, 0.25) is 0 Å². The maximum Gasteiger partial charge on any atom is 0.153 e. The summed E-state index contributed by atoms with van der Waals surface area (Å²) in [7, 11) is 0. The smallest absolute Gasteiger partial charge is 0.153 e. The van der Waals surface area contributed by atoms with Gasteiger partial charge in [-0.1, -0.05) is 12.1 Å². The molecule has 3 rings (SSSR count). The fraction of sp³-hybridized carbons (Fsp3) is 0. The predicted molar refractivity (Wildman–Crippen MR) is 85.4 cm³/mol. The number of hydrogen-bond acceptors (Lipinski definition) is 3. The van der Waals surface area contributed by atoms with Gasteiger partial charge in [-0.25, -0.2) is 0 Å². The molecule has 19 heavy (non-hydrogen) atoms. The predicted octanol–water partition coefficient (Wildman–Crippen LogP) is 4.21. The van der Waals surface area contributed by atoms with Crippen molar-refractivity contribution in [2.24, 2.45) is 0 Å². The summed E-state index contributed by atoms with van der Waals surface area (Å²) in [5.41, 5.74) is 7.44. The second-order valence-electron chi connectivity index (χ2n) is 4.08. The van der Waals surface area contributed by atoms with Crippen LogP contribution in [0.4, 0.5) is 5.69 Å². The molecule has 0 atom stereocenters. The Hall–Kier alpha value is -1.82. The molecule has 3 nitrogen and oxygen atoms in total. The van der Waals surface area contributed by atoms with Crippen molar-refractivity contribution in [2.75, 3.05) is 5.73 Å². The Kier molecular flexibility index (Phi) is 3.25. The Morgan fingerprint density at radius 2 is 1.79 bits per heavy atom. The number of ether oxygens (including phenoxy) is 1. The van der Waals surface area contributed by atoms with Crippen LogP contribution in [0.1, 0.15) is 0 Å². The number of hydrogen-bond donors (Lipinski definition) is 1. The molecule has 2 aromatic carbocycles. The fourth-order valence-corrected chi connectivity index (χ4v) is 2.39. The van der Waals surface area contributed by atoms with Crippen molar-refractivity contribution in [1.82, 2.24) is 4.98 Å². The van der Waals surface area contributed by atoms with E-state index in [9.17, 15) is 0 Å². The van der Waals surface area contributed by atoms with E-state index >= 15 is 0 Å². The Balaban J connectivity index is 2.12. The molecule has 0 fully saturated rings. The molecular formula is C15H11IN2O. The third-order valence-electron chi connectivity index (χ3n) is 2.82. The highest BCUT2D eigenvalue weighted by atomic mass is 127. The topological polar surface area (TPSA) is 48.1 Å². The fourth-order valence-electron chi connectivity index (χ4n) is 1.90. The van der Waals surface area contributed by atoms with E-state index in [0.717, 1.165) is 20.2 Å². The average molecular weight is 362 g/mol. The Bertz CT molecular complexity index is 743. The van der Waals surface area contributed by atoms with Crippen molar-refractivity contribution >= 4 is 39.2 Å². The zero-order valence-corrected chi connectivity index (χ0v) is 12.2. The van der Waals surface area contributed by atoms with Gasteiger partial charge in [-0.05, 0) is 59.0 Å².